The van der Waals surface area contributed by atoms with Crippen LogP contribution in [-0.2, 0) is 0 Å². The van der Waals surface area contributed by atoms with Gasteiger partial charge in [0, 0.05) is 11.9 Å². The van der Waals surface area contributed by atoms with Crippen molar-refractivity contribution < 1.29 is 14.3 Å². The second-order valence-electron chi connectivity index (χ2n) is 8.32. The van der Waals surface area contributed by atoms with Crippen LogP contribution in [0.2, 0.25) is 0 Å². The SMILES string of the molecule is COc1cccc(OC)c1C(=O)Nc1ccc2c(c1)ncn2-c1ccnc(NC(C)c2ccccc2)n1. The van der Waals surface area contributed by atoms with E-state index in [-0.39, 0.29) is 11.9 Å². The maximum atomic E-state index is 13.0. The van der Waals surface area contributed by atoms with Crippen LogP contribution in [-0.4, -0.2) is 39.6 Å². The summed E-state index contributed by atoms with van der Waals surface area (Å²) < 4.78 is 12.6. The number of ether oxygens (including phenoxy) is 2. The number of carbonyl (C=O) groups is 1. The first-order valence-electron chi connectivity index (χ1n) is 11.7. The maximum Gasteiger partial charge on any atom is 0.263 e. The topological polar surface area (TPSA) is 103 Å². The highest BCUT2D eigenvalue weighted by atomic mass is 16.5. The van der Waals surface area contributed by atoms with Gasteiger partial charge in [0.2, 0.25) is 5.95 Å². The molecule has 37 heavy (non-hydrogen) atoms. The Morgan fingerprint density at radius 1 is 0.919 bits per heavy atom. The van der Waals surface area contributed by atoms with Gasteiger partial charge in [-0.2, -0.15) is 4.98 Å². The number of anilines is 2. The molecule has 5 aromatic rings. The minimum Gasteiger partial charge on any atom is -0.496 e. The number of nitrogens with zero attached hydrogens (tertiary/aromatic N) is 4. The fraction of sp³-hybridized carbons (Fsp3) is 0.143. The van der Waals surface area contributed by atoms with Crippen molar-refractivity contribution in [2.75, 3.05) is 24.9 Å². The summed E-state index contributed by atoms with van der Waals surface area (Å²) in [4.78, 5) is 26.6. The van der Waals surface area contributed by atoms with Crippen molar-refractivity contribution in [3.8, 4) is 17.3 Å². The van der Waals surface area contributed by atoms with E-state index in [1.54, 1.807) is 30.7 Å². The van der Waals surface area contributed by atoms with Crippen molar-refractivity contribution in [2.24, 2.45) is 0 Å². The van der Waals surface area contributed by atoms with Crippen LogP contribution in [0.5, 0.6) is 11.5 Å². The second kappa shape index (κ2) is 10.4. The molecule has 2 heterocycles. The lowest BCUT2D eigenvalue weighted by Crippen LogP contribution is -2.14. The minimum absolute atomic E-state index is 0.0454. The lowest BCUT2D eigenvalue weighted by Gasteiger charge is -2.15. The zero-order valence-corrected chi connectivity index (χ0v) is 20.7. The summed E-state index contributed by atoms with van der Waals surface area (Å²) >= 11 is 0. The highest BCUT2D eigenvalue weighted by Crippen LogP contribution is 2.30. The second-order valence-corrected chi connectivity index (χ2v) is 8.32. The number of amides is 1. The first-order chi connectivity index (χ1) is 18.1. The maximum absolute atomic E-state index is 13.0. The van der Waals surface area contributed by atoms with Gasteiger partial charge in [0.05, 0.1) is 31.3 Å². The summed E-state index contributed by atoms with van der Waals surface area (Å²) in [7, 11) is 3.03. The Labute approximate surface area is 214 Å². The quantitative estimate of drug-likeness (QED) is 0.303. The number of nitrogens with one attached hydrogen (secondary N) is 2. The summed E-state index contributed by atoms with van der Waals surface area (Å²) in [6.45, 7) is 2.06. The summed E-state index contributed by atoms with van der Waals surface area (Å²) in [5.41, 5.74) is 3.61. The van der Waals surface area contributed by atoms with Crippen LogP contribution in [0, 0.1) is 0 Å². The lowest BCUT2D eigenvalue weighted by atomic mass is 10.1. The van der Waals surface area contributed by atoms with Crippen molar-refractivity contribution in [3.63, 3.8) is 0 Å². The number of hydrogen-bond acceptors (Lipinski definition) is 7. The van der Waals surface area contributed by atoms with E-state index in [0.29, 0.717) is 40.0 Å². The van der Waals surface area contributed by atoms with Crippen molar-refractivity contribution >= 4 is 28.6 Å². The number of imidazole rings is 1. The van der Waals surface area contributed by atoms with Gasteiger partial charge in [-0.3, -0.25) is 9.36 Å². The van der Waals surface area contributed by atoms with E-state index in [1.807, 2.05) is 47.0 Å². The van der Waals surface area contributed by atoms with E-state index in [2.05, 4.69) is 44.6 Å². The molecule has 9 heteroatoms. The number of rotatable bonds is 8. The van der Waals surface area contributed by atoms with Crippen molar-refractivity contribution in [2.45, 2.75) is 13.0 Å². The predicted octanol–water partition coefficient (Wildman–Crippen LogP) is 5.26. The number of aromatic nitrogens is 4. The van der Waals surface area contributed by atoms with Crippen LogP contribution >= 0.6 is 0 Å². The molecule has 0 saturated carbocycles. The molecule has 0 aliphatic carbocycles. The third-order valence-electron chi connectivity index (χ3n) is 5.99. The lowest BCUT2D eigenvalue weighted by molar-refractivity contribution is 0.102. The van der Waals surface area contributed by atoms with E-state index < -0.39 is 0 Å². The Hall–Kier alpha value is -4.92. The summed E-state index contributed by atoms with van der Waals surface area (Å²) in [6.07, 6.45) is 3.41. The Kier molecular flexibility index (Phi) is 6.67. The Bertz CT molecular complexity index is 1530. The van der Waals surface area contributed by atoms with Crippen LogP contribution < -0.4 is 20.1 Å². The molecular formula is C28H26N6O3. The number of benzene rings is 3. The molecule has 3 aromatic carbocycles. The normalized spacial score (nSPS) is 11.6. The van der Waals surface area contributed by atoms with Crippen LogP contribution in [0.1, 0.15) is 28.9 Å². The Morgan fingerprint density at radius 2 is 1.68 bits per heavy atom. The molecule has 2 aromatic heterocycles. The minimum atomic E-state index is -0.341. The Balaban J connectivity index is 1.38. The highest BCUT2D eigenvalue weighted by Gasteiger charge is 2.19. The van der Waals surface area contributed by atoms with Crippen LogP contribution in [0.4, 0.5) is 11.6 Å². The van der Waals surface area contributed by atoms with Crippen LogP contribution in [0.3, 0.4) is 0 Å². The molecule has 0 bridgehead atoms. The van der Waals surface area contributed by atoms with Crippen molar-refractivity contribution in [1.29, 1.82) is 0 Å². The monoisotopic (exact) mass is 494 g/mol. The van der Waals surface area contributed by atoms with Crippen LogP contribution in [0.15, 0.2) is 85.3 Å². The number of carbonyl (C=O) groups excluding carboxylic acids is 1. The predicted molar refractivity (Wildman–Crippen MR) is 143 cm³/mol. The zero-order valence-electron chi connectivity index (χ0n) is 20.7. The van der Waals surface area contributed by atoms with E-state index >= 15 is 0 Å². The molecule has 0 aliphatic heterocycles. The van der Waals surface area contributed by atoms with E-state index in [9.17, 15) is 4.79 Å². The first kappa shape index (κ1) is 23.8. The average molecular weight is 495 g/mol. The van der Waals surface area contributed by atoms with Gasteiger partial charge in [0.15, 0.2) is 0 Å². The highest BCUT2D eigenvalue weighted by molar-refractivity contribution is 6.08. The van der Waals surface area contributed by atoms with Gasteiger partial charge in [-0.1, -0.05) is 36.4 Å². The number of fused-ring (bicyclic) bond motifs is 1. The fourth-order valence-electron chi connectivity index (χ4n) is 4.11. The van der Waals surface area contributed by atoms with Gasteiger partial charge in [0.25, 0.3) is 5.91 Å². The average Bonchev–Trinajstić information content (AvgIpc) is 3.36. The third kappa shape index (κ3) is 4.92. The fourth-order valence-corrected chi connectivity index (χ4v) is 4.11. The van der Waals surface area contributed by atoms with Gasteiger partial charge < -0.3 is 20.1 Å². The molecule has 186 valence electrons. The standard InChI is InChI=1S/C28H26N6O3/c1-18(19-8-5-4-6-9-19)31-28-29-15-14-25(33-28)34-17-30-21-16-20(12-13-22(21)34)32-27(35)26-23(36-2)10-7-11-24(26)37-3/h4-18H,1-3H3,(H,32,35)(H,29,31,33). The number of methoxy groups -OCH3 is 2. The molecule has 0 radical (unpaired) electrons. The molecule has 9 nitrogen and oxygen atoms in total. The molecular weight excluding hydrogens is 468 g/mol. The van der Waals surface area contributed by atoms with E-state index in [0.717, 1.165) is 11.1 Å². The summed E-state index contributed by atoms with van der Waals surface area (Å²) in [5.74, 6) is 1.71. The molecule has 0 saturated heterocycles. The van der Waals surface area contributed by atoms with Crippen LogP contribution in [0.25, 0.3) is 16.9 Å². The van der Waals surface area contributed by atoms with Gasteiger partial charge >= 0.3 is 0 Å². The molecule has 1 amide bonds. The summed E-state index contributed by atoms with van der Waals surface area (Å²) in [6, 6.07) is 22.7. The first-order valence-corrected chi connectivity index (χ1v) is 11.7. The van der Waals surface area contributed by atoms with Crippen molar-refractivity contribution in [3.05, 3.63) is 96.4 Å². The molecule has 0 fully saturated rings. The Morgan fingerprint density at radius 3 is 2.41 bits per heavy atom. The molecule has 0 spiro atoms. The summed E-state index contributed by atoms with van der Waals surface area (Å²) in [5, 5.41) is 6.26. The number of hydrogen-bond donors (Lipinski definition) is 2. The van der Waals surface area contributed by atoms with Gasteiger partial charge in [-0.15, -0.1) is 0 Å². The molecule has 0 aliphatic rings. The smallest absolute Gasteiger partial charge is 0.263 e. The molecule has 2 N–H and O–H groups in total. The van der Waals surface area contributed by atoms with E-state index in [1.165, 1.54) is 14.2 Å². The zero-order chi connectivity index (χ0) is 25.8. The van der Waals surface area contributed by atoms with Crippen molar-refractivity contribution in [1.82, 2.24) is 19.5 Å². The molecule has 1 unspecified atom stereocenters. The van der Waals surface area contributed by atoms with Gasteiger partial charge in [-0.05, 0) is 48.9 Å². The largest absolute Gasteiger partial charge is 0.496 e. The van der Waals surface area contributed by atoms with Gasteiger partial charge in [0.1, 0.15) is 29.2 Å². The molecule has 1 atom stereocenters. The molecule has 5 rings (SSSR count). The third-order valence-corrected chi connectivity index (χ3v) is 5.99. The van der Waals surface area contributed by atoms with E-state index in [4.69, 9.17) is 9.47 Å². The van der Waals surface area contributed by atoms with Gasteiger partial charge in [-0.25, -0.2) is 9.97 Å².